The van der Waals surface area contributed by atoms with E-state index in [1.54, 1.807) is 12.1 Å². The Morgan fingerprint density at radius 2 is 2.00 bits per heavy atom. The number of amides is 1. The molecule has 0 fully saturated rings. The molecule has 10 heteroatoms. The number of thiophene rings is 1. The molecule has 0 atom stereocenters. The van der Waals surface area contributed by atoms with Gasteiger partial charge < -0.3 is 16.0 Å². The van der Waals surface area contributed by atoms with Crippen LogP contribution in [0.3, 0.4) is 0 Å². The van der Waals surface area contributed by atoms with Gasteiger partial charge in [-0.15, -0.1) is 10.2 Å². The van der Waals surface area contributed by atoms with Crippen LogP contribution in [0.4, 0.5) is 32.8 Å². The molecule has 0 aliphatic rings. The first-order chi connectivity index (χ1) is 12.3. The van der Waals surface area contributed by atoms with Crippen molar-refractivity contribution < 1.29 is 9.72 Å². The largest absolute Gasteiger partial charge is 0.390 e. The molecule has 1 aromatic carbocycles. The van der Waals surface area contributed by atoms with Gasteiger partial charge in [0.25, 0.3) is 0 Å². The third-order valence-corrected chi connectivity index (χ3v) is 4.41. The molecular formula is C16H20N6O3S. The molecule has 1 amide bonds. The van der Waals surface area contributed by atoms with E-state index in [0.717, 1.165) is 30.1 Å². The van der Waals surface area contributed by atoms with E-state index >= 15 is 0 Å². The number of nitrogens with zero attached hydrogens (tertiary/aromatic N) is 4. The van der Waals surface area contributed by atoms with Crippen molar-refractivity contribution in [3.8, 4) is 0 Å². The summed E-state index contributed by atoms with van der Waals surface area (Å²) < 4.78 is 0. The molecule has 0 aliphatic carbocycles. The van der Waals surface area contributed by atoms with Crippen LogP contribution in [-0.2, 0) is 4.79 Å². The Hall–Kier alpha value is -3.01. The first kappa shape index (κ1) is 19.3. The molecule has 0 aliphatic heterocycles. The lowest BCUT2D eigenvalue weighted by atomic mass is 10.2. The van der Waals surface area contributed by atoms with Gasteiger partial charge in [-0.05, 0) is 32.0 Å². The number of carbonyl (C=O) groups is 1. The highest BCUT2D eigenvalue weighted by molar-refractivity contribution is 7.20. The minimum Gasteiger partial charge on any atom is -0.390 e. The van der Waals surface area contributed by atoms with E-state index in [0.29, 0.717) is 11.4 Å². The van der Waals surface area contributed by atoms with E-state index in [-0.39, 0.29) is 21.6 Å². The molecule has 0 saturated carbocycles. The molecule has 0 unspecified atom stereocenters. The van der Waals surface area contributed by atoms with Gasteiger partial charge >= 0.3 is 5.69 Å². The predicted octanol–water partition coefficient (Wildman–Crippen LogP) is 4.46. The molecule has 0 saturated heterocycles. The second-order valence-corrected chi connectivity index (χ2v) is 6.41. The van der Waals surface area contributed by atoms with Crippen LogP contribution in [0, 0.1) is 10.1 Å². The minimum atomic E-state index is -0.556. The van der Waals surface area contributed by atoms with Gasteiger partial charge in [-0.1, -0.05) is 11.3 Å². The van der Waals surface area contributed by atoms with Crippen molar-refractivity contribution in [2.24, 2.45) is 10.2 Å². The van der Waals surface area contributed by atoms with Crippen LogP contribution in [0.25, 0.3) is 0 Å². The maximum atomic E-state index is 11.5. The number of nitrogens with two attached hydrogens (primary N) is 1. The van der Waals surface area contributed by atoms with Crippen molar-refractivity contribution in [3.05, 3.63) is 34.4 Å². The first-order valence-corrected chi connectivity index (χ1v) is 8.79. The summed E-state index contributed by atoms with van der Waals surface area (Å²) >= 11 is 0.977. The number of rotatable bonds is 7. The highest BCUT2D eigenvalue weighted by atomic mass is 32.1. The molecular weight excluding hydrogens is 356 g/mol. The van der Waals surface area contributed by atoms with Gasteiger partial charge in [0, 0.05) is 25.7 Å². The Balaban J connectivity index is 2.42. The quantitative estimate of drug-likeness (QED) is 0.419. The van der Waals surface area contributed by atoms with Gasteiger partial charge in [-0.25, -0.2) is 0 Å². The van der Waals surface area contributed by atoms with Crippen molar-refractivity contribution in [2.75, 3.05) is 29.0 Å². The van der Waals surface area contributed by atoms with Crippen LogP contribution in [-0.4, -0.2) is 23.9 Å². The van der Waals surface area contributed by atoms with Crippen LogP contribution >= 0.6 is 11.3 Å². The topological polar surface area (TPSA) is 126 Å². The standard InChI is InChI=1S/C16H20N6O3S/c1-4-21(5-2)11-6-7-12(13(8-11)18-10(3)23)19-20-16-14(22(24)25)9-15(17)26-16/h6-9H,4-5,17H2,1-3H3,(H,18,23)/b20-19+. The Bertz CT molecular complexity index is 845. The third-order valence-electron chi connectivity index (χ3n) is 3.58. The molecule has 1 aromatic heterocycles. The maximum Gasteiger partial charge on any atom is 0.309 e. The number of carbonyl (C=O) groups excluding carboxylic acids is 1. The van der Waals surface area contributed by atoms with Gasteiger partial charge in [0.05, 0.1) is 21.7 Å². The van der Waals surface area contributed by atoms with Crippen LogP contribution in [0.15, 0.2) is 34.5 Å². The average Bonchev–Trinajstić information content (AvgIpc) is 2.96. The van der Waals surface area contributed by atoms with E-state index < -0.39 is 4.92 Å². The highest BCUT2D eigenvalue weighted by Crippen LogP contribution is 2.40. The molecule has 3 N–H and O–H groups in total. The fourth-order valence-corrected chi connectivity index (χ4v) is 3.09. The van der Waals surface area contributed by atoms with Gasteiger partial charge in [0.1, 0.15) is 5.69 Å². The Labute approximate surface area is 154 Å². The average molecular weight is 376 g/mol. The number of nitro groups is 1. The van der Waals surface area contributed by atoms with Crippen molar-refractivity contribution in [1.82, 2.24) is 0 Å². The zero-order valence-electron chi connectivity index (χ0n) is 14.7. The maximum absolute atomic E-state index is 11.5. The number of benzene rings is 1. The van der Waals surface area contributed by atoms with Crippen molar-refractivity contribution in [2.45, 2.75) is 20.8 Å². The fourth-order valence-electron chi connectivity index (χ4n) is 2.38. The zero-order valence-corrected chi connectivity index (χ0v) is 15.5. The number of hydrogen-bond donors (Lipinski definition) is 2. The summed E-state index contributed by atoms with van der Waals surface area (Å²) in [4.78, 5) is 24.1. The lowest BCUT2D eigenvalue weighted by Crippen LogP contribution is -2.21. The van der Waals surface area contributed by atoms with E-state index in [4.69, 9.17) is 5.73 Å². The monoisotopic (exact) mass is 376 g/mol. The molecule has 0 radical (unpaired) electrons. The lowest BCUT2D eigenvalue weighted by Gasteiger charge is -2.22. The Morgan fingerprint density at radius 1 is 1.31 bits per heavy atom. The SMILES string of the molecule is CCN(CC)c1ccc(/N=N/c2sc(N)cc2[N+](=O)[O-])c(NC(C)=O)c1. The molecule has 0 spiro atoms. The van der Waals surface area contributed by atoms with Gasteiger partial charge in [-0.2, -0.15) is 0 Å². The number of nitrogen functional groups attached to an aromatic ring is 1. The lowest BCUT2D eigenvalue weighted by molar-refractivity contribution is -0.383. The molecule has 2 aromatic rings. The molecule has 26 heavy (non-hydrogen) atoms. The van der Waals surface area contributed by atoms with Gasteiger partial charge in [0.2, 0.25) is 10.9 Å². The Kier molecular flexibility index (Phi) is 6.23. The highest BCUT2D eigenvalue weighted by Gasteiger charge is 2.18. The van der Waals surface area contributed by atoms with E-state index in [1.807, 2.05) is 19.9 Å². The first-order valence-electron chi connectivity index (χ1n) is 7.97. The normalized spacial score (nSPS) is 10.9. The summed E-state index contributed by atoms with van der Waals surface area (Å²) in [5, 5.41) is 22.2. The number of azo groups is 1. The second-order valence-electron chi connectivity index (χ2n) is 5.35. The van der Waals surface area contributed by atoms with Crippen molar-refractivity contribution in [1.29, 1.82) is 0 Å². The van der Waals surface area contributed by atoms with Crippen LogP contribution < -0.4 is 16.0 Å². The van der Waals surface area contributed by atoms with E-state index in [1.165, 1.54) is 13.0 Å². The minimum absolute atomic E-state index is 0.106. The summed E-state index contributed by atoms with van der Waals surface area (Å²) in [6.45, 7) is 7.11. The summed E-state index contributed by atoms with van der Waals surface area (Å²) in [5.41, 5.74) is 7.24. The third kappa shape index (κ3) is 4.54. The van der Waals surface area contributed by atoms with Gasteiger partial charge in [-0.3, -0.25) is 14.9 Å². The summed E-state index contributed by atoms with van der Waals surface area (Å²) in [6.07, 6.45) is 0. The van der Waals surface area contributed by atoms with Crippen LogP contribution in [0.5, 0.6) is 0 Å². The molecule has 2 rings (SSSR count). The van der Waals surface area contributed by atoms with E-state index in [9.17, 15) is 14.9 Å². The number of nitrogens with one attached hydrogen (secondary N) is 1. The molecule has 138 valence electrons. The summed E-state index contributed by atoms with van der Waals surface area (Å²) in [6, 6.07) is 6.63. The van der Waals surface area contributed by atoms with Crippen molar-refractivity contribution >= 4 is 50.0 Å². The molecule has 1 heterocycles. The zero-order chi connectivity index (χ0) is 19.3. The fraction of sp³-hybridized carbons (Fsp3) is 0.312. The molecule has 0 bridgehead atoms. The Morgan fingerprint density at radius 3 is 2.58 bits per heavy atom. The molecule has 9 nitrogen and oxygen atoms in total. The number of hydrogen-bond acceptors (Lipinski definition) is 8. The smallest absolute Gasteiger partial charge is 0.309 e. The summed E-state index contributed by atoms with van der Waals surface area (Å²) in [7, 11) is 0. The van der Waals surface area contributed by atoms with Crippen LogP contribution in [0.1, 0.15) is 20.8 Å². The van der Waals surface area contributed by atoms with Crippen LogP contribution in [0.2, 0.25) is 0 Å². The predicted molar refractivity (Wildman–Crippen MR) is 104 cm³/mol. The summed E-state index contributed by atoms with van der Waals surface area (Å²) in [5.74, 6) is -0.246. The van der Waals surface area contributed by atoms with Gasteiger partial charge in [0.15, 0.2) is 0 Å². The second kappa shape index (κ2) is 8.39. The number of anilines is 3. The van der Waals surface area contributed by atoms with Crippen molar-refractivity contribution in [3.63, 3.8) is 0 Å². The van der Waals surface area contributed by atoms with E-state index in [2.05, 4.69) is 20.4 Å².